The first-order valence-electron chi connectivity index (χ1n) is 11.2. The highest BCUT2D eigenvalue weighted by atomic mass is 16.5. The van der Waals surface area contributed by atoms with Gasteiger partial charge in [-0.25, -0.2) is 9.48 Å². The number of hydrogen-bond donors (Lipinski definition) is 1. The van der Waals surface area contributed by atoms with Crippen LogP contribution in [0.4, 0.5) is 0 Å². The number of piperidine rings is 1. The Labute approximate surface area is 191 Å². The number of nitrogens with zero attached hydrogens (tertiary/aromatic N) is 5. The van der Waals surface area contributed by atoms with Crippen LogP contribution in [0.1, 0.15) is 50.2 Å². The van der Waals surface area contributed by atoms with Crippen molar-refractivity contribution in [1.82, 2.24) is 30.4 Å². The molecule has 0 aliphatic carbocycles. The topological polar surface area (TPSA) is 102 Å². The number of likely N-dealkylation sites (tertiary alicyclic amines) is 1. The lowest BCUT2D eigenvalue weighted by Gasteiger charge is -2.32. The molecule has 1 N–H and O–H groups in total. The molecular weight excluding hydrogens is 420 g/mol. The highest BCUT2D eigenvalue weighted by Gasteiger charge is 2.25. The van der Waals surface area contributed by atoms with E-state index in [2.05, 4.69) is 38.7 Å². The number of fused-ring (bicyclic) bond motifs is 1. The van der Waals surface area contributed by atoms with E-state index in [1.807, 2.05) is 18.2 Å². The Morgan fingerprint density at radius 1 is 1.21 bits per heavy atom. The quantitative estimate of drug-likeness (QED) is 0.579. The van der Waals surface area contributed by atoms with Gasteiger partial charge in [-0.3, -0.25) is 4.79 Å². The molecule has 1 fully saturated rings. The van der Waals surface area contributed by atoms with Gasteiger partial charge in [0.1, 0.15) is 12.9 Å². The molecule has 2 aromatic carbocycles. The van der Waals surface area contributed by atoms with Gasteiger partial charge in [0.05, 0.1) is 11.3 Å². The van der Waals surface area contributed by atoms with E-state index < -0.39 is 0 Å². The lowest BCUT2D eigenvalue weighted by atomic mass is 9.96. The molecule has 0 radical (unpaired) electrons. The molecule has 3 aromatic rings. The maximum atomic E-state index is 12.8. The van der Waals surface area contributed by atoms with Gasteiger partial charge in [0.15, 0.2) is 0 Å². The molecule has 170 valence electrons. The largest absolute Gasteiger partial charge is 0.457 e. The molecule has 2 aliphatic heterocycles. The number of aromatic nitrogens is 4. The molecule has 1 saturated heterocycles. The summed E-state index contributed by atoms with van der Waals surface area (Å²) in [6.07, 6.45) is 4.28. The summed E-state index contributed by atoms with van der Waals surface area (Å²) >= 11 is 0. The monoisotopic (exact) mass is 446 g/mol. The summed E-state index contributed by atoms with van der Waals surface area (Å²) in [5.41, 5.74) is 5.52. The first-order chi connectivity index (χ1) is 16.1. The number of benzene rings is 2. The van der Waals surface area contributed by atoms with E-state index in [0.29, 0.717) is 17.7 Å². The van der Waals surface area contributed by atoms with Gasteiger partial charge in [-0.05, 0) is 72.0 Å². The van der Waals surface area contributed by atoms with Crippen LogP contribution in [0.15, 0.2) is 42.7 Å². The second kappa shape index (κ2) is 9.11. The van der Waals surface area contributed by atoms with E-state index >= 15 is 0 Å². The van der Waals surface area contributed by atoms with Crippen LogP contribution < -0.4 is 5.32 Å². The summed E-state index contributed by atoms with van der Waals surface area (Å²) in [4.78, 5) is 26.9. The van der Waals surface area contributed by atoms with E-state index in [1.54, 1.807) is 12.1 Å². The average Bonchev–Trinajstić information content (AvgIpc) is 3.51. The number of cyclic esters (lactones) is 1. The molecule has 1 aromatic heterocycles. The van der Waals surface area contributed by atoms with Crippen molar-refractivity contribution in [2.75, 3.05) is 19.6 Å². The van der Waals surface area contributed by atoms with Crippen LogP contribution in [0.25, 0.3) is 5.69 Å². The molecule has 0 atom stereocenters. The van der Waals surface area contributed by atoms with Crippen LogP contribution >= 0.6 is 0 Å². The Balaban J connectivity index is 1.12. The van der Waals surface area contributed by atoms with E-state index in [9.17, 15) is 9.59 Å². The highest BCUT2D eigenvalue weighted by Crippen LogP contribution is 2.26. The first kappa shape index (κ1) is 21.3. The standard InChI is InChI=1S/C24H26N6O3/c1-16-17(5-6-21-22(16)14-33-24(21)32)7-10-29-11-8-19(9-12-29)26-23(31)18-3-2-4-20(13-18)30-15-25-27-28-30/h2-6,13,15,19H,7-12,14H2,1H3,(H,26,31). The number of amides is 1. The van der Waals surface area contributed by atoms with Gasteiger partial charge in [0.25, 0.3) is 5.91 Å². The molecule has 5 rings (SSSR count). The molecule has 0 saturated carbocycles. The molecule has 0 unspecified atom stereocenters. The van der Waals surface area contributed by atoms with Crippen LogP contribution in [-0.2, 0) is 17.8 Å². The zero-order valence-corrected chi connectivity index (χ0v) is 18.5. The lowest BCUT2D eigenvalue weighted by molar-refractivity contribution is 0.0534. The predicted molar refractivity (Wildman–Crippen MR) is 120 cm³/mol. The second-order valence-electron chi connectivity index (χ2n) is 8.60. The average molecular weight is 447 g/mol. The molecule has 33 heavy (non-hydrogen) atoms. The minimum absolute atomic E-state index is 0.0751. The number of tetrazole rings is 1. The highest BCUT2D eigenvalue weighted by molar-refractivity contribution is 5.95. The predicted octanol–water partition coefficient (Wildman–Crippen LogP) is 2.08. The Kier molecular flexibility index (Phi) is 5.87. The van der Waals surface area contributed by atoms with Crippen LogP contribution in [0.3, 0.4) is 0 Å². The molecule has 9 nitrogen and oxygen atoms in total. The van der Waals surface area contributed by atoms with E-state index in [0.717, 1.165) is 50.1 Å². The Bertz CT molecular complexity index is 1170. The fourth-order valence-corrected chi connectivity index (χ4v) is 4.59. The van der Waals surface area contributed by atoms with E-state index in [-0.39, 0.29) is 17.9 Å². The van der Waals surface area contributed by atoms with Crippen molar-refractivity contribution < 1.29 is 14.3 Å². The number of nitrogens with one attached hydrogen (secondary N) is 1. The second-order valence-corrected chi connectivity index (χ2v) is 8.60. The van der Waals surface area contributed by atoms with E-state index in [4.69, 9.17) is 4.74 Å². The number of esters is 1. The minimum atomic E-state index is -0.217. The zero-order chi connectivity index (χ0) is 22.8. The Morgan fingerprint density at radius 2 is 2.06 bits per heavy atom. The summed E-state index contributed by atoms with van der Waals surface area (Å²) in [6, 6.07) is 11.4. The number of carbonyl (C=O) groups excluding carboxylic acids is 2. The number of rotatable bonds is 6. The molecule has 1 amide bonds. The van der Waals surface area contributed by atoms with Crippen molar-refractivity contribution >= 4 is 11.9 Å². The maximum Gasteiger partial charge on any atom is 0.338 e. The van der Waals surface area contributed by atoms with Crippen molar-refractivity contribution in [3.05, 3.63) is 70.5 Å². The van der Waals surface area contributed by atoms with Crippen molar-refractivity contribution in [1.29, 1.82) is 0 Å². The number of hydrogen-bond acceptors (Lipinski definition) is 7. The number of carbonyl (C=O) groups is 2. The third-order valence-corrected chi connectivity index (χ3v) is 6.62. The van der Waals surface area contributed by atoms with Crippen molar-refractivity contribution in [2.45, 2.75) is 38.8 Å². The summed E-state index contributed by atoms with van der Waals surface area (Å²) in [5.74, 6) is -0.292. The van der Waals surface area contributed by atoms with Gasteiger partial charge >= 0.3 is 5.97 Å². The summed E-state index contributed by atoms with van der Waals surface area (Å²) in [5, 5.41) is 14.3. The summed E-state index contributed by atoms with van der Waals surface area (Å²) in [6.45, 7) is 5.31. The molecule has 2 aliphatic rings. The van der Waals surface area contributed by atoms with E-state index in [1.165, 1.54) is 22.1 Å². The van der Waals surface area contributed by atoms with Gasteiger partial charge in [-0.2, -0.15) is 0 Å². The van der Waals surface area contributed by atoms with Crippen molar-refractivity contribution in [3.8, 4) is 5.69 Å². The molecule has 0 bridgehead atoms. The van der Waals surface area contributed by atoms with Gasteiger partial charge in [0.2, 0.25) is 0 Å². The minimum Gasteiger partial charge on any atom is -0.457 e. The fraction of sp³-hybridized carbons (Fsp3) is 0.375. The van der Waals surface area contributed by atoms with Gasteiger partial charge < -0.3 is 15.0 Å². The van der Waals surface area contributed by atoms with Crippen LogP contribution in [-0.4, -0.2) is 62.7 Å². The molecular formula is C24H26N6O3. The zero-order valence-electron chi connectivity index (χ0n) is 18.5. The van der Waals surface area contributed by atoms with Gasteiger partial charge in [-0.15, -0.1) is 5.10 Å². The smallest absolute Gasteiger partial charge is 0.338 e. The SMILES string of the molecule is Cc1c(CCN2CCC(NC(=O)c3cccc(-n4cnnn4)c3)CC2)ccc2c1COC2=O. The summed E-state index contributed by atoms with van der Waals surface area (Å²) in [7, 11) is 0. The van der Waals surface area contributed by atoms with Crippen molar-refractivity contribution in [3.63, 3.8) is 0 Å². The number of ether oxygens (including phenoxy) is 1. The normalized spacial score (nSPS) is 16.5. The maximum absolute atomic E-state index is 12.8. The van der Waals surface area contributed by atoms with Gasteiger partial charge in [0, 0.05) is 36.8 Å². The third kappa shape index (κ3) is 4.49. The molecule has 3 heterocycles. The van der Waals surface area contributed by atoms with Crippen molar-refractivity contribution in [2.24, 2.45) is 0 Å². The third-order valence-electron chi connectivity index (χ3n) is 6.62. The Morgan fingerprint density at radius 3 is 2.85 bits per heavy atom. The van der Waals surface area contributed by atoms with Crippen LogP contribution in [0.2, 0.25) is 0 Å². The first-order valence-corrected chi connectivity index (χ1v) is 11.2. The summed E-state index contributed by atoms with van der Waals surface area (Å²) < 4.78 is 6.69. The van der Waals surface area contributed by atoms with Crippen LogP contribution in [0.5, 0.6) is 0 Å². The Hall–Kier alpha value is -3.59. The van der Waals surface area contributed by atoms with Gasteiger partial charge in [-0.1, -0.05) is 12.1 Å². The fourth-order valence-electron chi connectivity index (χ4n) is 4.59. The molecule has 9 heteroatoms. The molecule has 0 spiro atoms. The van der Waals surface area contributed by atoms with Crippen LogP contribution in [0, 0.1) is 6.92 Å². The lowest BCUT2D eigenvalue weighted by Crippen LogP contribution is -2.45.